The lowest BCUT2D eigenvalue weighted by Crippen LogP contribution is -2.17. The fraction of sp³-hybridized carbons (Fsp3) is 0.0909. The van der Waals surface area contributed by atoms with Gasteiger partial charge in [0.1, 0.15) is 6.61 Å². The molecule has 0 aliphatic rings. The molecule has 0 atom stereocenters. The summed E-state index contributed by atoms with van der Waals surface area (Å²) in [5, 5.41) is 15.4. The summed E-state index contributed by atoms with van der Waals surface area (Å²) in [6.45, 7) is 0.227. The maximum atomic E-state index is 12.2. The molecule has 0 unspecified atom stereocenters. The van der Waals surface area contributed by atoms with Gasteiger partial charge in [0.15, 0.2) is 11.5 Å². The number of ether oxygens (including phenoxy) is 2. The van der Waals surface area contributed by atoms with Gasteiger partial charge in [-0.2, -0.15) is 5.10 Å². The van der Waals surface area contributed by atoms with E-state index in [0.717, 1.165) is 10.0 Å². The van der Waals surface area contributed by atoms with Crippen LogP contribution in [0.15, 0.2) is 76.3 Å². The molecule has 0 heterocycles. The van der Waals surface area contributed by atoms with Crippen molar-refractivity contribution in [2.45, 2.75) is 6.61 Å². The summed E-state index contributed by atoms with van der Waals surface area (Å²) in [7, 11) is 1.44. The summed E-state index contributed by atoms with van der Waals surface area (Å²) in [5.41, 5.74) is 3.58. The van der Waals surface area contributed by atoms with Crippen LogP contribution >= 0.6 is 15.9 Å². The van der Waals surface area contributed by atoms with Crippen molar-refractivity contribution < 1.29 is 19.2 Å². The molecule has 0 saturated heterocycles. The molecule has 3 rings (SSSR count). The minimum Gasteiger partial charge on any atom is -0.493 e. The molecule has 3 aromatic rings. The van der Waals surface area contributed by atoms with Crippen LogP contribution in [0.1, 0.15) is 21.5 Å². The second-order valence-electron chi connectivity index (χ2n) is 6.30. The van der Waals surface area contributed by atoms with E-state index in [1.165, 1.54) is 25.5 Å². The number of hydrogen-bond donors (Lipinski definition) is 1. The fourth-order valence-corrected chi connectivity index (χ4v) is 3.09. The van der Waals surface area contributed by atoms with E-state index in [-0.39, 0.29) is 23.6 Å². The van der Waals surface area contributed by atoms with Gasteiger partial charge in [-0.05, 0) is 29.8 Å². The molecule has 0 aliphatic carbocycles. The van der Waals surface area contributed by atoms with Crippen LogP contribution in [0.4, 0.5) is 5.69 Å². The molecular weight excluding hydrogens is 466 g/mol. The Labute approximate surface area is 186 Å². The number of halogens is 1. The van der Waals surface area contributed by atoms with E-state index < -0.39 is 10.8 Å². The van der Waals surface area contributed by atoms with E-state index in [0.29, 0.717) is 11.3 Å². The molecular formula is C22H18BrN3O5. The Morgan fingerprint density at radius 3 is 2.58 bits per heavy atom. The van der Waals surface area contributed by atoms with Crippen LogP contribution in [0.25, 0.3) is 0 Å². The third-order valence-corrected chi connectivity index (χ3v) is 4.70. The Bertz CT molecular complexity index is 1120. The topological polar surface area (TPSA) is 103 Å². The average Bonchev–Trinajstić information content (AvgIpc) is 2.78. The van der Waals surface area contributed by atoms with Crippen LogP contribution < -0.4 is 14.9 Å². The van der Waals surface area contributed by atoms with Crippen molar-refractivity contribution in [3.05, 3.63) is 98.0 Å². The lowest BCUT2D eigenvalue weighted by atomic mass is 10.1. The molecule has 0 radical (unpaired) electrons. The number of methoxy groups -OCH3 is 1. The number of nitrogens with one attached hydrogen (secondary N) is 1. The summed E-state index contributed by atoms with van der Waals surface area (Å²) < 4.78 is 11.8. The smallest absolute Gasteiger partial charge is 0.282 e. The fourth-order valence-electron chi connectivity index (χ4n) is 2.69. The molecule has 158 valence electrons. The number of hydrogen-bond acceptors (Lipinski definition) is 6. The molecule has 0 bridgehead atoms. The second-order valence-corrected chi connectivity index (χ2v) is 7.22. The molecule has 0 fully saturated rings. The highest BCUT2D eigenvalue weighted by Gasteiger charge is 2.19. The lowest BCUT2D eigenvalue weighted by Gasteiger charge is -2.12. The number of nitrogens with zero attached hydrogens (tertiary/aromatic N) is 2. The quantitative estimate of drug-likeness (QED) is 0.284. The maximum Gasteiger partial charge on any atom is 0.282 e. The average molecular weight is 484 g/mol. The molecule has 31 heavy (non-hydrogen) atoms. The van der Waals surface area contributed by atoms with Gasteiger partial charge in [-0.25, -0.2) is 5.43 Å². The third kappa shape index (κ3) is 5.89. The van der Waals surface area contributed by atoms with E-state index >= 15 is 0 Å². The van der Waals surface area contributed by atoms with Crippen LogP contribution in [-0.4, -0.2) is 24.2 Å². The molecule has 1 N–H and O–H groups in total. The Morgan fingerprint density at radius 2 is 1.90 bits per heavy atom. The minimum absolute atomic E-state index is 0.156. The first kappa shape index (κ1) is 22.0. The van der Waals surface area contributed by atoms with Gasteiger partial charge in [0.05, 0.1) is 29.9 Å². The summed E-state index contributed by atoms with van der Waals surface area (Å²) >= 11 is 3.29. The number of carbonyl (C=O) groups excluding carboxylic acids is 1. The van der Waals surface area contributed by atoms with Gasteiger partial charge >= 0.3 is 0 Å². The van der Waals surface area contributed by atoms with Gasteiger partial charge in [0.25, 0.3) is 11.6 Å². The largest absolute Gasteiger partial charge is 0.493 e. The Balaban J connectivity index is 1.80. The normalized spacial score (nSPS) is 10.6. The molecule has 3 aromatic carbocycles. The number of amides is 1. The van der Waals surface area contributed by atoms with E-state index in [1.807, 2.05) is 30.3 Å². The summed E-state index contributed by atoms with van der Waals surface area (Å²) in [6.07, 6.45) is 1.19. The predicted octanol–water partition coefficient (Wildman–Crippen LogP) is 4.71. The Morgan fingerprint density at radius 1 is 1.13 bits per heavy atom. The maximum absolute atomic E-state index is 12.2. The second kappa shape index (κ2) is 10.4. The summed E-state index contributed by atoms with van der Waals surface area (Å²) in [4.78, 5) is 23.2. The van der Waals surface area contributed by atoms with Gasteiger partial charge < -0.3 is 9.47 Å². The molecule has 9 heteroatoms. The van der Waals surface area contributed by atoms with Gasteiger partial charge in [-0.3, -0.25) is 14.9 Å². The Kier molecular flexibility index (Phi) is 7.34. The molecule has 0 aliphatic heterocycles. The zero-order valence-corrected chi connectivity index (χ0v) is 18.0. The first-order valence-corrected chi connectivity index (χ1v) is 9.89. The van der Waals surface area contributed by atoms with E-state index in [2.05, 4.69) is 26.5 Å². The van der Waals surface area contributed by atoms with Crippen molar-refractivity contribution >= 4 is 33.7 Å². The van der Waals surface area contributed by atoms with Crippen molar-refractivity contribution in [3.8, 4) is 11.5 Å². The monoisotopic (exact) mass is 483 g/mol. The highest BCUT2D eigenvalue weighted by Crippen LogP contribution is 2.34. The third-order valence-electron chi connectivity index (χ3n) is 4.20. The van der Waals surface area contributed by atoms with Crippen LogP contribution in [0.3, 0.4) is 0 Å². The number of carbonyl (C=O) groups is 1. The minimum atomic E-state index is -0.549. The van der Waals surface area contributed by atoms with Gasteiger partial charge in [-0.15, -0.1) is 0 Å². The SMILES string of the molecule is COc1cc(/C=N\NC(=O)c2cccc(Br)c2)c([N+](=O)[O-])cc1OCc1ccccc1. The standard InChI is InChI=1S/C22H18BrN3O5/c1-30-20-11-17(13-24-25-22(27)16-8-5-9-18(23)10-16)19(26(28)29)12-21(20)31-14-15-6-3-2-4-7-15/h2-13H,14H2,1H3,(H,25,27)/b24-13-. The number of hydrazone groups is 1. The number of rotatable bonds is 8. The first-order valence-electron chi connectivity index (χ1n) is 9.10. The molecule has 1 amide bonds. The summed E-state index contributed by atoms with van der Waals surface area (Å²) in [6, 6.07) is 18.9. The van der Waals surface area contributed by atoms with Crippen molar-refractivity contribution in [2.75, 3.05) is 7.11 Å². The van der Waals surface area contributed by atoms with Gasteiger partial charge in [-0.1, -0.05) is 52.3 Å². The van der Waals surface area contributed by atoms with Gasteiger partial charge in [0, 0.05) is 10.0 Å². The van der Waals surface area contributed by atoms with Gasteiger partial charge in [0.2, 0.25) is 0 Å². The molecule has 0 aromatic heterocycles. The molecule has 0 saturated carbocycles. The number of benzene rings is 3. The summed E-state index contributed by atoms with van der Waals surface area (Å²) in [5.74, 6) is 0.0876. The van der Waals surface area contributed by atoms with E-state index in [1.54, 1.807) is 24.3 Å². The van der Waals surface area contributed by atoms with Crippen molar-refractivity contribution in [2.24, 2.45) is 5.10 Å². The lowest BCUT2D eigenvalue weighted by molar-refractivity contribution is -0.385. The van der Waals surface area contributed by atoms with Crippen molar-refractivity contribution in [1.29, 1.82) is 0 Å². The van der Waals surface area contributed by atoms with Crippen LogP contribution in [0.5, 0.6) is 11.5 Å². The number of nitro groups is 1. The van der Waals surface area contributed by atoms with Crippen LogP contribution in [0.2, 0.25) is 0 Å². The predicted molar refractivity (Wildman–Crippen MR) is 120 cm³/mol. The molecule has 8 nitrogen and oxygen atoms in total. The van der Waals surface area contributed by atoms with Crippen LogP contribution in [0, 0.1) is 10.1 Å². The van der Waals surface area contributed by atoms with E-state index in [9.17, 15) is 14.9 Å². The van der Waals surface area contributed by atoms with Crippen molar-refractivity contribution in [1.82, 2.24) is 5.43 Å². The van der Waals surface area contributed by atoms with E-state index in [4.69, 9.17) is 9.47 Å². The zero-order valence-electron chi connectivity index (χ0n) is 16.4. The highest BCUT2D eigenvalue weighted by molar-refractivity contribution is 9.10. The number of nitro benzene ring substituents is 1. The first-order chi connectivity index (χ1) is 15.0. The van der Waals surface area contributed by atoms with Crippen molar-refractivity contribution in [3.63, 3.8) is 0 Å². The molecule has 0 spiro atoms. The van der Waals surface area contributed by atoms with Crippen LogP contribution in [-0.2, 0) is 6.61 Å². The highest BCUT2D eigenvalue weighted by atomic mass is 79.9. The zero-order chi connectivity index (χ0) is 22.2. The Hall–Kier alpha value is -3.72.